The SMILES string of the molecule is CC1=C[C@@H]2C(B3C4CCCC3CCC4)C[C@H]1C[C@@H]2C(C)C. The maximum atomic E-state index is 2.75. The molecule has 0 N–H and O–H groups in total. The summed E-state index contributed by atoms with van der Waals surface area (Å²) in [5, 5.41) is 0. The topological polar surface area (TPSA) is 0 Å². The van der Waals surface area contributed by atoms with Gasteiger partial charge in [0.15, 0.2) is 0 Å². The molecule has 2 heterocycles. The van der Waals surface area contributed by atoms with Gasteiger partial charge in [-0.25, -0.2) is 0 Å². The molecule has 5 aliphatic rings. The third-order valence-electron chi connectivity index (χ3n) is 7.94. The zero-order valence-electron chi connectivity index (χ0n) is 14.4. The Balaban J connectivity index is 1.63. The molecular weight excluding hydrogens is 251 g/mol. The number of hydrogen-bond donors (Lipinski definition) is 0. The Morgan fingerprint density at radius 3 is 2.14 bits per heavy atom. The molecule has 1 saturated carbocycles. The van der Waals surface area contributed by atoms with Crippen molar-refractivity contribution in [1.82, 2.24) is 0 Å². The fourth-order valence-corrected chi connectivity index (χ4v) is 7.00. The van der Waals surface area contributed by atoms with E-state index in [1.807, 2.05) is 0 Å². The van der Waals surface area contributed by atoms with Crippen molar-refractivity contribution in [1.29, 1.82) is 0 Å². The van der Waals surface area contributed by atoms with Gasteiger partial charge in [0.2, 0.25) is 0 Å². The zero-order valence-corrected chi connectivity index (χ0v) is 14.4. The van der Waals surface area contributed by atoms with Gasteiger partial charge in [-0.1, -0.05) is 81.5 Å². The average molecular weight is 284 g/mol. The number of hydrogen-bond acceptors (Lipinski definition) is 0. The lowest BCUT2D eigenvalue weighted by Gasteiger charge is -2.54. The molecule has 4 bridgehead atoms. The summed E-state index contributed by atoms with van der Waals surface area (Å²) in [7, 11) is 0. The Labute approximate surface area is 132 Å². The molecule has 0 aromatic heterocycles. The van der Waals surface area contributed by atoms with Crippen molar-refractivity contribution < 1.29 is 0 Å². The highest BCUT2D eigenvalue weighted by Crippen LogP contribution is 2.60. The Morgan fingerprint density at radius 1 is 1.00 bits per heavy atom. The van der Waals surface area contributed by atoms with Crippen LogP contribution >= 0.6 is 0 Å². The fourth-order valence-electron chi connectivity index (χ4n) is 7.00. The van der Waals surface area contributed by atoms with Crippen molar-refractivity contribution >= 4 is 6.71 Å². The van der Waals surface area contributed by atoms with E-state index in [-0.39, 0.29) is 0 Å². The van der Waals surface area contributed by atoms with Gasteiger partial charge >= 0.3 is 0 Å². The van der Waals surface area contributed by atoms with Gasteiger partial charge in [0.05, 0.1) is 0 Å². The normalized spacial score (nSPS) is 45.9. The summed E-state index contributed by atoms with van der Waals surface area (Å²) in [6.07, 6.45) is 15.1. The van der Waals surface area contributed by atoms with Gasteiger partial charge in [0, 0.05) is 0 Å². The number of fused-ring (bicyclic) bond motifs is 5. The van der Waals surface area contributed by atoms with Crippen molar-refractivity contribution in [2.75, 3.05) is 0 Å². The van der Waals surface area contributed by atoms with Crippen LogP contribution in [-0.4, -0.2) is 6.71 Å². The summed E-state index contributed by atoms with van der Waals surface area (Å²) in [6.45, 7) is 8.48. The third-order valence-corrected chi connectivity index (χ3v) is 7.94. The first kappa shape index (κ1) is 14.4. The van der Waals surface area contributed by atoms with Crippen molar-refractivity contribution in [2.45, 2.75) is 89.6 Å². The van der Waals surface area contributed by atoms with E-state index in [1.54, 1.807) is 37.7 Å². The molecule has 5 rings (SSSR count). The minimum atomic E-state index is 0.882. The van der Waals surface area contributed by atoms with Gasteiger partial charge in [-0.3, -0.25) is 0 Å². The monoisotopic (exact) mass is 284 g/mol. The predicted molar refractivity (Wildman–Crippen MR) is 93.0 cm³/mol. The maximum absolute atomic E-state index is 2.75. The molecule has 2 saturated heterocycles. The summed E-state index contributed by atoms with van der Waals surface area (Å²) >= 11 is 0. The summed E-state index contributed by atoms with van der Waals surface area (Å²) in [6, 6.07) is 0. The molecule has 3 fully saturated rings. The van der Waals surface area contributed by atoms with Crippen LogP contribution in [0.15, 0.2) is 11.6 Å². The van der Waals surface area contributed by atoms with Gasteiger partial charge in [0.1, 0.15) is 6.71 Å². The fraction of sp³-hybridized carbons (Fsp3) is 0.900. The van der Waals surface area contributed by atoms with Crippen LogP contribution in [0, 0.1) is 23.7 Å². The zero-order chi connectivity index (χ0) is 14.6. The highest BCUT2D eigenvalue weighted by Gasteiger charge is 2.51. The second-order valence-corrected chi connectivity index (χ2v) is 9.19. The highest BCUT2D eigenvalue weighted by molar-refractivity contribution is 6.64. The lowest BCUT2D eigenvalue weighted by Crippen LogP contribution is -2.47. The third kappa shape index (κ3) is 2.34. The predicted octanol–water partition coefficient (Wildman–Crippen LogP) is 6.22. The quantitative estimate of drug-likeness (QED) is 0.417. The summed E-state index contributed by atoms with van der Waals surface area (Å²) in [4.78, 5) is 0. The van der Waals surface area contributed by atoms with E-state index in [1.165, 1.54) is 19.3 Å². The smallest absolute Gasteiger partial charge is 0.0823 e. The van der Waals surface area contributed by atoms with Crippen molar-refractivity contribution in [3.8, 4) is 0 Å². The van der Waals surface area contributed by atoms with Crippen molar-refractivity contribution in [2.24, 2.45) is 23.7 Å². The molecular formula is C20H33B. The summed E-state index contributed by atoms with van der Waals surface area (Å²) in [5.41, 5.74) is 1.74. The van der Waals surface area contributed by atoms with E-state index in [0.29, 0.717) is 0 Å². The molecule has 0 aromatic carbocycles. The van der Waals surface area contributed by atoms with Gasteiger partial charge in [-0.05, 0) is 43.4 Å². The molecule has 1 unspecified atom stereocenters. The average Bonchev–Trinajstić information content (AvgIpc) is 2.46. The number of allylic oxidation sites excluding steroid dienone is 2. The molecule has 0 radical (unpaired) electrons. The van der Waals surface area contributed by atoms with Crippen LogP contribution in [0.1, 0.15) is 72.1 Å². The first-order valence-corrected chi connectivity index (χ1v) is 9.83. The molecule has 0 spiro atoms. The van der Waals surface area contributed by atoms with Crippen LogP contribution in [0.5, 0.6) is 0 Å². The Hall–Kier alpha value is -0.195. The standard InChI is InChI=1S/C20H33B/c1-13(2)18-11-15-12-20(19(18)10-14(15)3)21-16-6-4-7-17(21)9-5-8-16/h10,13,15-20H,4-9,11-12H2,1-3H3/t15-,16?,17?,18-,19+,20?/m1/s1. The van der Waals surface area contributed by atoms with E-state index >= 15 is 0 Å². The van der Waals surface area contributed by atoms with E-state index in [9.17, 15) is 0 Å². The first-order chi connectivity index (χ1) is 10.1. The maximum Gasteiger partial charge on any atom is 0.150 e. The molecule has 3 aliphatic carbocycles. The minimum absolute atomic E-state index is 0.882. The molecule has 1 heteroatoms. The van der Waals surface area contributed by atoms with Crippen LogP contribution in [0.25, 0.3) is 0 Å². The van der Waals surface area contributed by atoms with Crippen LogP contribution in [0.4, 0.5) is 0 Å². The lowest BCUT2D eigenvalue weighted by atomic mass is 9.19. The van der Waals surface area contributed by atoms with Crippen LogP contribution in [0.2, 0.25) is 17.5 Å². The lowest BCUT2D eigenvalue weighted by molar-refractivity contribution is 0.156. The molecule has 0 nitrogen and oxygen atoms in total. The Bertz CT molecular complexity index is 402. The van der Waals surface area contributed by atoms with Gasteiger partial charge < -0.3 is 0 Å². The Morgan fingerprint density at radius 2 is 1.62 bits per heavy atom. The van der Waals surface area contributed by atoms with Gasteiger partial charge in [-0.2, -0.15) is 0 Å². The van der Waals surface area contributed by atoms with Gasteiger partial charge in [0.25, 0.3) is 0 Å². The second kappa shape index (κ2) is 5.46. The molecule has 2 aliphatic heterocycles. The molecule has 0 amide bonds. The minimum Gasteiger partial charge on any atom is -0.0823 e. The molecule has 116 valence electrons. The van der Waals surface area contributed by atoms with E-state index in [4.69, 9.17) is 0 Å². The van der Waals surface area contributed by atoms with E-state index in [0.717, 1.165) is 47.8 Å². The van der Waals surface area contributed by atoms with E-state index < -0.39 is 0 Å². The largest absolute Gasteiger partial charge is 0.150 e. The summed E-state index contributed by atoms with van der Waals surface area (Å²) < 4.78 is 0. The Kier molecular flexibility index (Phi) is 3.75. The van der Waals surface area contributed by atoms with Crippen molar-refractivity contribution in [3.05, 3.63) is 11.6 Å². The van der Waals surface area contributed by atoms with Gasteiger partial charge in [-0.15, -0.1) is 0 Å². The first-order valence-electron chi connectivity index (χ1n) is 9.83. The molecule has 0 aromatic rings. The van der Waals surface area contributed by atoms with Crippen LogP contribution in [0.3, 0.4) is 0 Å². The van der Waals surface area contributed by atoms with Crippen LogP contribution < -0.4 is 0 Å². The van der Waals surface area contributed by atoms with Crippen molar-refractivity contribution in [3.63, 3.8) is 0 Å². The highest BCUT2D eigenvalue weighted by atomic mass is 14.5. The second-order valence-electron chi connectivity index (χ2n) is 9.19. The van der Waals surface area contributed by atoms with Crippen LogP contribution in [-0.2, 0) is 0 Å². The van der Waals surface area contributed by atoms with E-state index in [2.05, 4.69) is 26.8 Å². The number of rotatable bonds is 2. The molecule has 4 atom stereocenters. The molecule has 21 heavy (non-hydrogen) atoms. The summed E-state index contributed by atoms with van der Waals surface area (Å²) in [5.74, 6) is 6.99.